The van der Waals surface area contributed by atoms with Crippen LogP contribution in [0.25, 0.3) is 5.69 Å². The van der Waals surface area contributed by atoms with Crippen molar-refractivity contribution in [3.8, 4) is 22.9 Å². The van der Waals surface area contributed by atoms with E-state index in [-0.39, 0.29) is 5.69 Å². The van der Waals surface area contributed by atoms with E-state index in [0.717, 1.165) is 0 Å². The zero-order valence-electron chi connectivity index (χ0n) is 12.8. The number of para-hydroxylation sites is 1. The summed E-state index contributed by atoms with van der Waals surface area (Å²) < 4.78 is 6.97. The number of nitrogens with zero attached hydrogens (tertiary/aromatic N) is 2. The van der Waals surface area contributed by atoms with Gasteiger partial charge in [0.1, 0.15) is 11.5 Å². The van der Waals surface area contributed by atoms with Gasteiger partial charge in [0.05, 0.1) is 11.9 Å². The average Bonchev–Trinajstić information content (AvgIpc) is 2.58. The van der Waals surface area contributed by atoms with Crippen molar-refractivity contribution in [3.05, 3.63) is 76.7 Å². The quantitative estimate of drug-likeness (QED) is 0.747. The Morgan fingerprint density at radius 2 is 1.67 bits per heavy atom. The lowest BCUT2D eigenvalue weighted by Gasteiger charge is -2.09. The summed E-state index contributed by atoms with van der Waals surface area (Å²) >= 11 is 0. The van der Waals surface area contributed by atoms with Crippen LogP contribution in [0.15, 0.2) is 65.6 Å². The first kappa shape index (κ1) is 15.5. The fraction of sp³-hybridized carbons (Fsp3) is 0.0556. The van der Waals surface area contributed by atoms with Crippen molar-refractivity contribution in [1.82, 2.24) is 9.78 Å². The van der Waals surface area contributed by atoms with Crippen LogP contribution < -0.4 is 10.2 Å². The predicted molar refractivity (Wildman–Crippen MR) is 88.0 cm³/mol. The largest absolute Gasteiger partial charge is 0.503 e. The van der Waals surface area contributed by atoms with Crippen LogP contribution in [0.1, 0.15) is 17.4 Å². The zero-order valence-corrected chi connectivity index (χ0v) is 12.8. The fourth-order valence-electron chi connectivity index (χ4n) is 2.13. The topological polar surface area (TPSA) is 81.4 Å². The molecule has 0 saturated heterocycles. The molecule has 0 unspecified atom stereocenters. The minimum absolute atomic E-state index is 0.306. The minimum atomic E-state index is -0.775. The second-order valence-electron chi connectivity index (χ2n) is 5.10. The van der Waals surface area contributed by atoms with Gasteiger partial charge in [-0.25, -0.2) is 4.68 Å². The van der Waals surface area contributed by atoms with Crippen molar-refractivity contribution in [2.45, 2.75) is 6.92 Å². The highest BCUT2D eigenvalue weighted by atomic mass is 16.5. The first-order valence-corrected chi connectivity index (χ1v) is 7.22. The number of benzene rings is 2. The monoisotopic (exact) mass is 322 g/mol. The molecule has 1 aromatic heterocycles. The van der Waals surface area contributed by atoms with Gasteiger partial charge in [-0.05, 0) is 36.4 Å². The Hall–Kier alpha value is -3.41. The minimum Gasteiger partial charge on any atom is -0.503 e. The van der Waals surface area contributed by atoms with Crippen molar-refractivity contribution in [2.75, 3.05) is 0 Å². The number of hydrogen-bond acceptors (Lipinski definition) is 5. The molecule has 3 aromatic rings. The number of hydrogen-bond donors (Lipinski definition) is 1. The standard InChI is InChI=1S/C18H14N2O4/c1-12(21)17-18(23)16(22)11-20(19-17)13-7-9-15(10-8-13)24-14-5-3-2-4-6-14/h2-11,22H,1H3. The Kier molecular flexibility index (Phi) is 4.11. The maximum Gasteiger partial charge on any atom is 0.252 e. The van der Waals surface area contributed by atoms with E-state index >= 15 is 0 Å². The number of carbonyl (C=O) groups excluding carboxylic acids is 1. The van der Waals surface area contributed by atoms with Crippen LogP contribution in [0.3, 0.4) is 0 Å². The Balaban J connectivity index is 1.91. The van der Waals surface area contributed by atoms with Crippen LogP contribution in [0.5, 0.6) is 17.2 Å². The molecule has 120 valence electrons. The number of rotatable bonds is 4. The number of Topliss-reactive ketones (excluding diaryl/α,β-unsaturated/α-hetero) is 1. The van der Waals surface area contributed by atoms with Gasteiger partial charge in [-0.15, -0.1) is 0 Å². The van der Waals surface area contributed by atoms with E-state index in [1.807, 2.05) is 30.3 Å². The third-order valence-electron chi connectivity index (χ3n) is 3.31. The summed E-state index contributed by atoms with van der Waals surface area (Å²) in [6, 6.07) is 16.2. The highest BCUT2D eigenvalue weighted by molar-refractivity contribution is 5.92. The lowest BCUT2D eigenvalue weighted by Crippen LogP contribution is -2.19. The lowest BCUT2D eigenvalue weighted by molar-refractivity contribution is 0.100. The predicted octanol–water partition coefficient (Wildman–Crippen LogP) is 2.93. The van der Waals surface area contributed by atoms with Gasteiger partial charge in [-0.3, -0.25) is 9.59 Å². The molecule has 0 spiro atoms. The van der Waals surface area contributed by atoms with E-state index in [0.29, 0.717) is 17.2 Å². The molecule has 2 aromatic carbocycles. The molecule has 0 fully saturated rings. The number of aromatic hydroxyl groups is 1. The lowest BCUT2D eigenvalue weighted by atomic mass is 10.2. The van der Waals surface area contributed by atoms with Crippen LogP contribution in [0, 0.1) is 0 Å². The molecule has 1 heterocycles. The van der Waals surface area contributed by atoms with Gasteiger partial charge in [-0.1, -0.05) is 18.2 Å². The van der Waals surface area contributed by atoms with Gasteiger partial charge in [-0.2, -0.15) is 5.10 Å². The highest BCUT2D eigenvalue weighted by Crippen LogP contribution is 2.22. The summed E-state index contributed by atoms with van der Waals surface area (Å²) in [6.07, 6.45) is 1.17. The molecule has 6 heteroatoms. The summed E-state index contributed by atoms with van der Waals surface area (Å²) in [5.74, 6) is 0.304. The van der Waals surface area contributed by atoms with Gasteiger partial charge in [0.15, 0.2) is 17.2 Å². The molecule has 0 radical (unpaired) electrons. The molecule has 0 atom stereocenters. The SMILES string of the molecule is CC(=O)c1nn(-c2ccc(Oc3ccccc3)cc2)cc(O)c1=O. The van der Waals surface area contributed by atoms with Crippen LogP contribution in [0.4, 0.5) is 0 Å². The number of ketones is 1. The highest BCUT2D eigenvalue weighted by Gasteiger charge is 2.13. The molecule has 0 saturated carbocycles. The average molecular weight is 322 g/mol. The third-order valence-corrected chi connectivity index (χ3v) is 3.31. The van der Waals surface area contributed by atoms with Crippen LogP contribution in [-0.2, 0) is 0 Å². The Morgan fingerprint density at radius 3 is 2.29 bits per heavy atom. The molecule has 6 nitrogen and oxygen atoms in total. The van der Waals surface area contributed by atoms with Gasteiger partial charge in [0, 0.05) is 6.92 Å². The Labute approximate surface area is 137 Å². The summed E-state index contributed by atoms with van der Waals surface area (Å²) in [7, 11) is 0. The molecule has 0 aliphatic heterocycles. The molecular formula is C18H14N2O4. The van der Waals surface area contributed by atoms with E-state index in [4.69, 9.17) is 4.74 Å². The van der Waals surface area contributed by atoms with E-state index < -0.39 is 17.0 Å². The maximum atomic E-state index is 11.7. The summed E-state index contributed by atoms with van der Waals surface area (Å²) in [4.78, 5) is 23.1. The molecule has 24 heavy (non-hydrogen) atoms. The smallest absolute Gasteiger partial charge is 0.252 e. The number of aromatic nitrogens is 2. The normalized spacial score (nSPS) is 10.4. The van der Waals surface area contributed by atoms with E-state index in [2.05, 4.69) is 5.10 Å². The third kappa shape index (κ3) is 3.17. The maximum absolute atomic E-state index is 11.7. The summed E-state index contributed by atoms with van der Waals surface area (Å²) in [5.41, 5.74) is -0.504. The fourth-order valence-corrected chi connectivity index (χ4v) is 2.13. The Morgan fingerprint density at radius 1 is 1.04 bits per heavy atom. The first-order chi connectivity index (χ1) is 11.5. The molecule has 0 amide bonds. The molecule has 0 aliphatic carbocycles. The second kappa shape index (κ2) is 6.37. The van der Waals surface area contributed by atoms with Gasteiger partial charge in [0.25, 0.3) is 5.43 Å². The number of ether oxygens (including phenoxy) is 1. The van der Waals surface area contributed by atoms with Crippen molar-refractivity contribution in [3.63, 3.8) is 0 Å². The van der Waals surface area contributed by atoms with Gasteiger partial charge in [0.2, 0.25) is 0 Å². The van der Waals surface area contributed by atoms with Crippen molar-refractivity contribution in [2.24, 2.45) is 0 Å². The van der Waals surface area contributed by atoms with Gasteiger partial charge < -0.3 is 9.84 Å². The molecule has 3 rings (SSSR count). The second-order valence-corrected chi connectivity index (χ2v) is 5.10. The molecule has 0 aliphatic rings. The van der Waals surface area contributed by atoms with Crippen molar-refractivity contribution < 1.29 is 14.6 Å². The van der Waals surface area contributed by atoms with Crippen LogP contribution >= 0.6 is 0 Å². The summed E-state index contributed by atoms with van der Waals surface area (Å²) in [6.45, 7) is 1.23. The molecular weight excluding hydrogens is 308 g/mol. The van der Waals surface area contributed by atoms with E-state index in [1.165, 1.54) is 17.8 Å². The molecule has 1 N–H and O–H groups in total. The number of carbonyl (C=O) groups is 1. The van der Waals surface area contributed by atoms with Crippen LogP contribution in [-0.4, -0.2) is 20.7 Å². The molecule has 0 bridgehead atoms. The van der Waals surface area contributed by atoms with E-state index in [9.17, 15) is 14.7 Å². The Bertz CT molecular complexity index is 931. The summed E-state index contributed by atoms with van der Waals surface area (Å²) in [5, 5.41) is 13.7. The van der Waals surface area contributed by atoms with Crippen LogP contribution in [0.2, 0.25) is 0 Å². The zero-order chi connectivity index (χ0) is 17.1. The van der Waals surface area contributed by atoms with Crippen molar-refractivity contribution >= 4 is 5.78 Å². The van der Waals surface area contributed by atoms with E-state index in [1.54, 1.807) is 24.3 Å². The van der Waals surface area contributed by atoms with Crippen molar-refractivity contribution in [1.29, 1.82) is 0 Å². The van der Waals surface area contributed by atoms with Gasteiger partial charge >= 0.3 is 0 Å². The first-order valence-electron chi connectivity index (χ1n) is 7.22.